The van der Waals surface area contributed by atoms with Crippen molar-refractivity contribution in [3.05, 3.63) is 82.9 Å². The van der Waals surface area contributed by atoms with Crippen molar-refractivity contribution in [3.63, 3.8) is 0 Å². The second-order valence-electron chi connectivity index (χ2n) is 6.30. The molecular weight excluding hydrogens is 428 g/mol. The highest BCUT2D eigenvalue weighted by Gasteiger charge is 2.17. The van der Waals surface area contributed by atoms with Gasteiger partial charge in [-0.15, -0.1) is 11.8 Å². The first-order valence-corrected chi connectivity index (χ1v) is 11.7. The minimum absolute atomic E-state index is 0.131. The fourth-order valence-electron chi connectivity index (χ4n) is 2.56. The van der Waals surface area contributed by atoms with Crippen molar-refractivity contribution < 1.29 is 13.2 Å². The third kappa shape index (κ3) is 5.32. The van der Waals surface area contributed by atoms with Crippen LogP contribution < -0.4 is 10.0 Å². The molecule has 0 saturated carbocycles. The number of thioether (sulfide) groups is 1. The minimum atomic E-state index is -3.78. The first kappa shape index (κ1) is 21.2. The van der Waals surface area contributed by atoms with Crippen molar-refractivity contribution in [1.29, 1.82) is 0 Å². The van der Waals surface area contributed by atoms with Crippen LogP contribution in [0.1, 0.15) is 15.9 Å². The second-order valence-corrected chi connectivity index (χ2v) is 9.27. The van der Waals surface area contributed by atoms with Crippen molar-refractivity contribution in [2.75, 3.05) is 16.3 Å². The molecule has 150 valence electrons. The van der Waals surface area contributed by atoms with E-state index in [1.807, 2.05) is 31.4 Å². The van der Waals surface area contributed by atoms with E-state index in [0.717, 1.165) is 10.5 Å². The number of hydrogen-bond donors (Lipinski definition) is 2. The number of carbonyl (C=O) groups excluding carboxylic acids is 1. The summed E-state index contributed by atoms with van der Waals surface area (Å²) in [5.41, 5.74) is 2.15. The van der Waals surface area contributed by atoms with Gasteiger partial charge in [0.25, 0.3) is 15.9 Å². The Morgan fingerprint density at radius 3 is 2.38 bits per heavy atom. The zero-order valence-electron chi connectivity index (χ0n) is 15.8. The predicted molar refractivity (Wildman–Crippen MR) is 120 cm³/mol. The Morgan fingerprint density at radius 2 is 1.72 bits per heavy atom. The summed E-state index contributed by atoms with van der Waals surface area (Å²) in [5, 5.41) is 2.94. The minimum Gasteiger partial charge on any atom is -0.322 e. The van der Waals surface area contributed by atoms with Crippen LogP contribution in [0.5, 0.6) is 0 Å². The van der Waals surface area contributed by atoms with Crippen LogP contribution in [-0.2, 0) is 10.0 Å². The molecule has 0 radical (unpaired) electrons. The van der Waals surface area contributed by atoms with E-state index in [0.29, 0.717) is 11.3 Å². The van der Waals surface area contributed by atoms with Gasteiger partial charge in [0.05, 0.1) is 15.6 Å². The van der Waals surface area contributed by atoms with Crippen LogP contribution in [-0.4, -0.2) is 20.6 Å². The summed E-state index contributed by atoms with van der Waals surface area (Å²) in [7, 11) is -3.78. The highest BCUT2D eigenvalue weighted by Crippen LogP contribution is 2.27. The number of anilines is 2. The van der Waals surface area contributed by atoms with Gasteiger partial charge in [-0.3, -0.25) is 9.52 Å². The fraction of sp³-hybridized carbons (Fsp3) is 0.0952. The number of sulfonamides is 1. The number of aryl methyl sites for hydroxylation is 1. The molecule has 5 nitrogen and oxygen atoms in total. The average molecular weight is 447 g/mol. The van der Waals surface area contributed by atoms with Gasteiger partial charge in [0.15, 0.2) is 0 Å². The van der Waals surface area contributed by atoms with Crippen molar-refractivity contribution in [1.82, 2.24) is 0 Å². The quantitative estimate of drug-likeness (QED) is 0.495. The van der Waals surface area contributed by atoms with E-state index in [1.54, 1.807) is 30.0 Å². The maximum Gasteiger partial charge on any atom is 0.261 e. The Labute approximate surface area is 179 Å². The van der Waals surface area contributed by atoms with Crippen LogP contribution in [0.25, 0.3) is 0 Å². The van der Waals surface area contributed by atoms with E-state index < -0.39 is 10.0 Å². The van der Waals surface area contributed by atoms with Gasteiger partial charge in [0.2, 0.25) is 0 Å². The van der Waals surface area contributed by atoms with Crippen LogP contribution in [0, 0.1) is 6.92 Å². The van der Waals surface area contributed by atoms with Crippen LogP contribution in [0.15, 0.2) is 76.5 Å². The van der Waals surface area contributed by atoms with Crippen molar-refractivity contribution in [2.24, 2.45) is 0 Å². The van der Waals surface area contributed by atoms with Gasteiger partial charge in [-0.05, 0) is 61.7 Å². The molecule has 3 aromatic carbocycles. The summed E-state index contributed by atoms with van der Waals surface area (Å²) in [6, 6.07) is 18.4. The van der Waals surface area contributed by atoms with Crippen molar-refractivity contribution in [3.8, 4) is 0 Å². The van der Waals surface area contributed by atoms with Gasteiger partial charge in [-0.2, -0.15) is 0 Å². The third-order valence-electron chi connectivity index (χ3n) is 4.13. The molecule has 0 heterocycles. The van der Waals surface area contributed by atoms with Crippen molar-refractivity contribution in [2.45, 2.75) is 16.7 Å². The van der Waals surface area contributed by atoms with E-state index in [1.165, 1.54) is 30.3 Å². The van der Waals surface area contributed by atoms with E-state index in [2.05, 4.69) is 10.0 Å². The lowest BCUT2D eigenvalue weighted by atomic mass is 10.2. The van der Waals surface area contributed by atoms with Gasteiger partial charge in [-0.1, -0.05) is 35.4 Å². The molecule has 8 heteroatoms. The molecule has 0 aromatic heterocycles. The van der Waals surface area contributed by atoms with Crippen LogP contribution in [0.3, 0.4) is 0 Å². The van der Waals surface area contributed by atoms with Crippen LogP contribution in [0.4, 0.5) is 11.4 Å². The lowest BCUT2D eigenvalue weighted by molar-refractivity contribution is 0.102. The first-order chi connectivity index (χ1) is 13.8. The summed E-state index contributed by atoms with van der Waals surface area (Å²) < 4.78 is 27.5. The van der Waals surface area contributed by atoms with Gasteiger partial charge in [0, 0.05) is 16.1 Å². The molecule has 0 bridgehead atoms. The molecule has 0 fully saturated rings. The monoisotopic (exact) mass is 446 g/mol. The first-order valence-electron chi connectivity index (χ1n) is 8.63. The normalized spacial score (nSPS) is 11.1. The third-order valence-corrected chi connectivity index (χ3v) is 6.55. The number of benzene rings is 3. The number of nitrogens with one attached hydrogen (secondary N) is 2. The smallest absolute Gasteiger partial charge is 0.261 e. The summed E-state index contributed by atoms with van der Waals surface area (Å²) in [5.74, 6) is -0.335. The van der Waals surface area contributed by atoms with Crippen LogP contribution in [0.2, 0.25) is 5.02 Å². The van der Waals surface area contributed by atoms with Crippen LogP contribution >= 0.6 is 23.4 Å². The van der Waals surface area contributed by atoms with E-state index in [-0.39, 0.29) is 21.5 Å². The Hall–Kier alpha value is -2.48. The van der Waals surface area contributed by atoms with Gasteiger partial charge >= 0.3 is 0 Å². The molecule has 0 atom stereocenters. The molecule has 29 heavy (non-hydrogen) atoms. The average Bonchev–Trinajstić information content (AvgIpc) is 2.70. The molecule has 3 rings (SSSR count). The molecule has 3 aromatic rings. The summed E-state index contributed by atoms with van der Waals surface area (Å²) in [6.07, 6.45) is 1.96. The zero-order chi connectivity index (χ0) is 21.0. The SMILES string of the molecule is CSc1cccc(NC(=O)c2ccc(NS(=O)(=O)c3ccc(C)cc3)c(Cl)c2)c1. The summed E-state index contributed by atoms with van der Waals surface area (Å²) in [6.45, 7) is 1.88. The number of halogens is 1. The van der Waals surface area contributed by atoms with E-state index in [4.69, 9.17) is 11.6 Å². The molecule has 0 unspecified atom stereocenters. The van der Waals surface area contributed by atoms with Gasteiger partial charge in [-0.25, -0.2) is 8.42 Å². The molecular formula is C21H19ClN2O3S2. The largest absolute Gasteiger partial charge is 0.322 e. The molecule has 0 aliphatic heterocycles. The van der Waals surface area contributed by atoms with E-state index in [9.17, 15) is 13.2 Å². The maximum absolute atomic E-state index is 12.5. The molecule has 0 aliphatic carbocycles. The standard InChI is InChI=1S/C21H19ClN2O3S2/c1-14-6-9-18(10-7-14)29(26,27)24-20-11-8-15(12-19(20)22)21(25)23-16-4-3-5-17(13-16)28-2/h3-13,24H,1-2H3,(H,23,25). The Kier molecular flexibility index (Phi) is 6.52. The molecule has 1 amide bonds. The molecule has 0 aliphatic rings. The maximum atomic E-state index is 12.5. The number of carbonyl (C=O) groups is 1. The zero-order valence-corrected chi connectivity index (χ0v) is 18.2. The fourth-order valence-corrected chi connectivity index (χ4v) is 4.39. The van der Waals surface area contributed by atoms with E-state index >= 15 is 0 Å². The summed E-state index contributed by atoms with van der Waals surface area (Å²) >= 11 is 7.81. The lowest BCUT2D eigenvalue weighted by Gasteiger charge is -2.12. The number of rotatable bonds is 6. The predicted octanol–water partition coefficient (Wildman–Crippen LogP) is 5.42. The summed E-state index contributed by atoms with van der Waals surface area (Å²) in [4.78, 5) is 13.7. The Bertz CT molecular complexity index is 1150. The molecule has 0 spiro atoms. The van der Waals surface area contributed by atoms with Crippen molar-refractivity contribution >= 4 is 50.7 Å². The highest BCUT2D eigenvalue weighted by molar-refractivity contribution is 7.98. The lowest BCUT2D eigenvalue weighted by Crippen LogP contribution is -2.15. The second kappa shape index (κ2) is 8.90. The number of hydrogen-bond acceptors (Lipinski definition) is 4. The van der Waals surface area contributed by atoms with Gasteiger partial charge in [0.1, 0.15) is 0 Å². The Morgan fingerprint density at radius 1 is 1.00 bits per heavy atom. The Balaban J connectivity index is 1.77. The van der Waals surface area contributed by atoms with Gasteiger partial charge < -0.3 is 5.32 Å². The number of amides is 1. The topological polar surface area (TPSA) is 75.3 Å². The molecule has 0 saturated heterocycles. The highest BCUT2D eigenvalue weighted by atomic mass is 35.5. The molecule has 2 N–H and O–H groups in total.